The molecule has 5 nitrogen and oxygen atoms in total. The van der Waals surface area contributed by atoms with Gasteiger partial charge < -0.3 is 14.8 Å². The predicted octanol–water partition coefficient (Wildman–Crippen LogP) is 7.09. The molecular formula is C26H22Cl2N2O3S. The Morgan fingerprint density at radius 1 is 1.09 bits per heavy atom. The van der Waals surface area contributed by atoms with E-state index in [0.29, 0.717) is 43.8 Å². The van der Waals surface area contributed by atoms with Crippen molar-refractivity contribution in [1.29, 1.82) is 0 Å². The van der Waals surface area contributed by atoms with Crippen LogP contribution in [0.15, 0.2) is 64.5 Å². The van der Waals surface area contributed by atoms with Crippen molar-refractivity contribution in [3.63, 3.8) is 0 Å². The highest BCUT2D eigenvalue weighted by Crippen LogP contribution is 2.38. The number of methoxy groups -OCH3 is 1. The number of rotatable bonds is 6. The smallest absolute Gasteiger partial charge is 0.264 e. The normalized spacial score (nSPS) is 15.6. The predicted molar refractivity (Wildman–Crippen MR) is 141 cm³/mol. The monoisotopic (exact) mass is 512 g/mol. The molecule has 0 saturated carbocycles. The van der Waals surface area contributed by atoms with Crippen LogP contribution in [0, 0.1) is 13.8 Å². The zero-order valence-corrected chi connectivity index (χ0v) is 21.1. The molecule has 0 atom stereocenters. The Hall–Kier alpha value is -2.93. The lowest BCUT2D eigenvalue weighted by Crippen LogP contribution is -2.19. The summed E-state index contributed by atoms with van der Waals surface area (Å²) in [6, 6.07) is 16.8. The minimum atomic E-state index is -0.216. The molecule has 1 amide bonds. The minimum absolute atomic E-state index is 0.216. The number of hydrogen-bond acceptors (Lipinski definition) is 5. The number of halogens is 2. The number of benzene rings is 3. The van der Waals surface area contributed by atoms with Crippen LogP contribution in [-0.4, -0.2) is 18.2 Å². The van der Waals surface area contributed by atoms with Gasteiger partial charge in [0.05, 0.1) is 22.7 Å². The summed E-state index contributed by atoms with van der Waals surface area (Å²) in [5.41, 5.74) is 4.71. The largest absolute Gasteiger partial charge is 0.493 e. The lowest BCUT2D eigenvalue weighted by Gasteiger charge is -2.13. The van der Waals surface area contributed by atoms with Gasteiger partial charge in [0.15, 0.2) is 16.7 Å². The first kappa shape index (κ1) is 24.2. The van der Waals surface area contributed by atoms with Crippen LogP contribution in [0.25, 0.3) is 6.08 Å². The minimum Gasteiger partial charge on any atom is -0.493 e. The second-order valence-electron chi connectivity index (χ2n) is 7.65. The van der Waals surface area contributed by atoms with Gasteiger partial charge in [0.2, 0.25) is 0 Å². The van der Waals surface area contributed by atoms with Crippen molar-refractivity contribution in [1.82, 2.24) is 5.32 Å². The van der Waals surface area contributed by atoms with E-state index in [1.54, 1.807) is 37.5 Å². The first-order chi connectivity index (χ1) is 16.3. The van der Waals surface area contributed by atoms with Gasteiger partial charge in [0, 0.05) is 5.02 Å². The third kappa shape index (κ3) is 5.58. The summed E-state index contributed by atoms with van der Waals surface area (Å²) in [4.78, 5) is 17.7. The number of aliphatic imine (C=N–C) groups is 1. The summed E-state index contributed by atoms with van der Waals surface area (Å²) >= 11 is 13.7. The van der Waals surface area contributed by atoms with Crippen molar-refractivity contribution in [3.05, 3.63) is 91.8 Å². The molecule has 1 N–H and O–H groups in total. The molecule has 3 aromatic carbocycles. The molecular weight excluding hydrogens is 491 g/mol. The Morgan fingerprint density at radius 3 is 2.59 bits per heavy atom. The number of thioether (sulfide) groups is 1. The maximum Gasteiger partial charge on any atom is 0.264 e. The molecule has 1 heterocycles. The van der Waals surface area contributed by atoms with Gasteiger partial charge in [0.1, 0.15) is 6.61 Å². The van der Waals surface area contributed by atoms with E-state index in [9.17, 15) is 4.79 Å². The van der Waals surface area contributed by atoms with Crippen molar-refractivity contribution in [3.8, 4) is 11.5 Å². The highest BCUT2D eigenvalue weighted by atomic mass is 35.5. The summed E-state index contributed by atoms with van der Waals surface area (Å²) in [7, 11) is 1.55. The van der Waals surface area contributed by atoms with Gasteiger partial charge in [-0.3, -0.25) is 4.79 Å². The number of carbonyl (C=O) groups is 1. The molecule has 34 heavy (non-hydrogen) atoms. The van der Waals surface area contributed by atoms with E-state index < -0.39 is 0 Å². The van der Waals surface area contributed by atoms with Crippen molar-refractivity contribution in [2.75, 3.05) is 7.11 Å². The molecule has 0 aromatic heterocycles. The van der Waals surface area contributed by atoms with E-state index >= 15 is 0 Å². The van der Waals surface area contributed by atoms with Crippen LogP contribution in [0.2, 0.25) is 10.0 Å². The fourth-order valence-electron chi connectivity index (χ4n) is 3.30. The van der Waals surface area contributed by atoms with Gasteiger partial charge >= 0.3 is 0 Å². The van der Waals surface area contributed by atoms with E-state index in [1.165, 1.54) is 11.8 Å². The molecule has 1 saturated heterocycles. The molecule has 8 heteroatoms. The van der Waals surface area contributed by atoms with Crippen molar-refractivity contribution in [2.24, 2.45) is 4.99 Å². The Labute approximate surface area is 212 Å². The Kier molecular flexibility index (Phi) is 7.51. The van der Waals surface area contributed by atoms with E-state index in [0.717, 1.165) is 22.4 Å². The zero-order chi connectivity index (χ0) is 24.2. The zero-order valence-electron chi connectivity index (χ0n) is 18.8. The molecule has 1 fully saturated rings. The summed E-state index contributed by atoms with van der Waals surface area (Å²) < 4.78 is 11.4. The summed E-state index contributed by atoms with van der Waals surface area (Å²) in [5.74, 6) is 0.690. The number of ether oxygens (including phenoxy) is 2. The number of amides is 1. The standard InChI is InChI=1S/C26H22Cl2N2O3S/c1-15-5-4-6-21(16(15)2)29-26-30-25(31)23(34-26)13-18-11-20(28)24(22(12-18)32-3)33-14-17-7-9-19(27)10-8-17/h4-13H,14H2,1-3H3,(H,29,30,31)/b23-13-. The number of nitrogens with one attached hydrogen (secondary N) is 1. The van der Waals surface area contributed by atoms with Crippen LogP contribution in [0.1, 0.15) is 22.3 Å². The van der Waals surface area contributed by atoms with Crippen LogP contribution < -0.4 is 14.8 Å². The molecule has 0 unspecified atom stereocenters. The van der Waals surface area contributed by atoms with Gasteiger partial charge in [-0.05, 0) is 84.3 Å². The molecule has 0 spiro atoms. The van der Waals surface area contributed by atoms with Gasteiger partial charge in [-0.1, -0.05) is 47.5 Å². The van der Waals surface area contributed by atoms with Crippen LogP contribution in [0.3, 0.4) is 0 Å². The van der Waals surface area contributed by atoms with Crippen molar-refractivity contribution in [2.45, 2.75) is 20.5 Å². The van der Waals surface area contributed by atoms with E-state index in [-0.39, 0.29) is 5.91 Å². The van der Waals surface area contributed by atoms with Crippen molar-refractivity contribution >= 4 is 57.8 Å². The Morgan fingerprint density at radius 2 is 1.85 bits per heavy atom. The fraction of sp³-hybridized carbons (Fsp3) is 0.154. The Bertz CT molecular complexity index is 1300. The summed E-state index contributed by atoms with van der Waals surface area (Å²) in [6.07, 6.45) is 1.75. The van der Waals surface area contributed by atoms with E-state index in [2.05, 4.69) is 10.3 Å². The quantitative estimate of drug-likeness (QED) is 0.358. The lowest BCUT2D eigenvalue weighted by atomic mass is 10.1. The number of nitrogens with zero attached hydrogens (tertiary/aromatic N) is 1. The number of aryl methyl sites for hydroxylation is 1. The molecule has 4 rings (SSSR count). The second-order valence-corrected chi connectivity index (χ2v) is 9.52. The van der Waals surface area contributed by atoms with Gasteiger partial charge in [-0.2, -0.15) is 0 Å². The van der Waals surface area contributed by atoms with E-state index in [1.807, 2.05) is 44.2 Å². The lowest BCUT2D eigenvalue weighted by molar-refractivity contribution is -0.115. The first-order valence-electron chi connectivity index (χ1n) is 10.4. The highest BCUT2D eigenvalue weighted by molar-refractivity contribution is 8.18. The van der Waals surface area contributed by atoms with Crippen LogP contribution in [0.5, 0.6) is 11.5 Å². The number of carbonyl (C=O) groups excluding carboxylic acids is 1. The van der Waals surface area contributed by atoms with E-state index in [4.69, 9.17) is 32.7 Å². The molecule has 174 valence electrons. The Balaban J connectivity index is 1.54. The summed E-state index contributed by atoms with van der Waals surface area (Å²) in [5, 5.41) is 4.40. The maximum atomic E-state index is 12.5. The number of hydrogen-bond donors (Lipinski definition) is 1. The molecule has 0 aliphatic carbocycles. The van der Waals surface area contributed by atoms with Gasteiger partial charge in [-0.15, -0.1) is 0 Å². The third-order valence-corrected chi connectivity index (χ3v) is 6.74. The third-order valence-electron chi connectivity index (χ3n) is 5.29. The van der Waals surface area contributed by atoms with Crippen LogP contribution in [-0.2, 0) is 11.4 Å². The molecule has 0 radical (unpaired) electrons. The average Bonchev–Trinajstić information content (AvgIpc) is 3.15. The molecule has 1 aliphatic rings. The van der Waals surface area contributed by atoms with Crippen molar-refractivity contribution < 1.29 is 14.3 Å². The molecule has 3 aromatic rings. The second kappa shape index (κ2) is 10.6. The highest BCUT2D eigenvalue weighted by Gasteiger charge is 2.24. The summed E-state index contributed by atoms with van der Waals surface area (Å²) in [6.45, 7) is 4.35. The topological polar surface area (TPSA) is 59.9 Å². The van der Waals surface area contributed by atoms with Gasteiger partial charge in [-0.25, -0.2) is 4.99 Å². The average molecular weight is 513 g/mol. The van der Waals surface area contributed by atoms with Crippen LogP contribution >= 0.6 is 35.0 Å². The number of amidine groups is 1. The fourth-order valence-corrected chi connectivity index (χ4v) is 4.53. The SMILES string of the molecule is COc1cc(/C=C2\SC(=Nc3cccc(C)c3C)NC2=O)cc(Cl)c1OCc1ccc(Cl)cc1. The first-order valence-corrected chi connectivity index (χ1v) is 12.0. The maximum absolute atomic E-state index is 12.5. The van der Waals surface area contributed by atoms with Crippen LogP contribution in [0.4, 0.5) is 5.69 Å². The van der Waals surface area contributed by atoms with Gasteiger partial charge in [0.25, 0.3) is 5.91 Å². The molecule has 1 aliphatic heterocycles. The molecule has 0 bridgehead atoms.